The summed E-state index contributed by atoms with van der Waals surface area (Å²) in [6.07, 6.45) is 4.63. The molecule has 1 aromatic rings. The molecule has 84 valence electrons. The Bertz CT molecular complexity index is 291. The van der Waals surface area contributed by atoms with Crippen molar-refractivity contribution in [3.8, 4) is 5.75 Å². The van der Waals surface area contributed by atoms with Crippen LogP contribution < -0.4 is 5.73 Å². The largest absolute Gasteiger partial charge is 0.508 e. The molecule has 0 aromatic heterocycles. The quantitative estimate of drug-likeness (QED) is 0.775. The van der Waals surface area contributed by atoms with Crippen LogP contribution in [0.4, 0.5) is 0 Å². The van der Waals surface area contributed by atoms with Crippen molar-refractivity contribution in [3.63, 3.8) is 0 Å². The molecule has 0 bridgehead atoms. The minimum atomic E-state index is 0. The van der Waals surface area contributed by atoms with Gasteiger partial charge in [-0.05, 0) is 49.3 Å². The molecule has 0 amide bonds. The maximum absolute atomic E-state index is 9.18. The molecule has 1 aliphatic carbocycles. The molecule has 1 aromatic carbocycles. The molecule has 0 spiro atoms. The summed E-state index contributed by atoms with van der Waals surface area (Å²) in [5, 5.41) is 9.18. The maximum atomic E-state index is 9.18. The van der Waals surface area contributed by atoms with Gasteiger partial charge in [0, 0.05) is 6.04 Å². The van der Waals surface area contributed by atoms with Crippen molar-refractivity contribution in [1.29, 1.82) is 0 Å². The van der Waals surface area contributed by atoms with Gasteiger partial charge in [0.05, 0.1) is 0 Å². The molecule has 0 heterocycles. The summed E-state index contributed by atoms with van der Waals surface area (Å²) in [5.74, 6) is 0.997. The molecule has 1 fully saturated rings. The number of halogens is 1. The van der Waals surface area contributed by atoms with Gasteiger partial charge in [0.15, 0.2) is 0 Å². The summed E-state index contributed by atoms with van der Waals surface area (Å²) >= 11 is 0. The summed E-state index contributed by atoms with van der Waals surface area (Å²) in [6, 6.07) is 7.99. The summed E-state index contributed by atoms with van der Waals surface area (Å²) in [7, 11) is 0. The summed E-state index contributed by atoms with van der Waals surface area (Å²) in [4.78, 5) is 0. The Labute approximate surface area is 96.9 Å². The van der Waals surface area contributed by atoms with Gasteiger partial charge in [-0.2, -0.15) is 0 Å². The van der Waals surface area contributed by atoms with E-state index in [0.29, 0.717) is 17.7 Å². The van der Waals surface area contributed by atoms with Gasteiger partial charge in [0.2, 0.25) is 0 Å². The number of aromatic hydroxyl groups is 1. The fraction of sp³-hybridized carbons (Fsp3) is 0.500. The highest BCUT2D eigenvalue weighted by molar-refractivity contribution is 5.85. The van der Waals surface area contributed by atoms with Gasteiger partial charge < -0.3 is 10.8 Å². The van der Waals surface area contributed by atoms with Crippen molar-refractivity contribution >= 4 is 12.4 Å². The van der Waals surface area contributed by atoms with Crippen molar-refractivity contribution in [3.05, 3.63) is 29.8 Å². The second-order valence-corrected chi connectivity index (χ2v) is 4.20. The number of hydrogen-bond acceptors (Lipinski definition) is 2. The van der Waals surface area contributed by atoms with Gasteiger partial charge in [-0.15, -0.1) is 12.4 Å². The van der Waals surface area contributed by atoms with Crippen LogP contribution in [0.5, 0.6) is 5.75 Å². The Kier molecular flexibility index (Phi) is 4.43. The average molecular weight is 228 g/mol. The number of phenols is 1. The Balaban J connectivity index is 0.00000112. The van der Waals surface area contributed by atoms with Gasteiger partial charge in [-0.3, -0.25) is 0 Å². The zero-order chi connectivity index (χ0) is 9.97. The topological polar surface area (TPSA) is 46.2 Å². The third kappa shape index (κ3) is 3.11. The Morgan fingerprint density at radius 1 is 1.00 bits per heavy atom. The smallest absolute Gasteiger partial charge is 0.115 e. The zero-order valence-electron chi connectivity index (χ0n) is 8.73. The van der Waals surface area contributed by atoms with Crippen LogP contribution in [-0.2, 0) is 0 Å². The number of hydrogen-bond donors (Lipinski definition) is 2. The second kappa shape index (κ2) is 5.38. The molecule has 3 heteroatoms. The van der Waals surface area contributed by atoms with Crippen LogP contribution in [0.3, 0.4) is 0 Å². The molecule has 2 nitrogen and oxygen atoms in total. The van der Waals surface area contributed by atoms with Crippen molar-refractivity contribution in [2.24, 2.45) is 5.73 Å². The monoisotopic (exact) mass is 227 g/mol. The maximum Gasteiger partial charge on any atom is 0.115 e. The first-order chi connectivity index (χ1) is 6.75. The number of benzene rings is 1. The molecular formula is C12H18ClNO. The molecular weight excluding hydrogens is 210 g/mol. The first-order valence-electron chi connectivity index (χ1n) is 5.30. The highest BCUT2D eigenvalue weighted by Crippen LogP contribution is 2.32. The summed E-state index contributed by atoms with van der Waals surface area (Å²) in [6.45, 7) is 0. The molecule has 0 unspecified atom stereocenters. The number of rotatable bonds is 1. The van der Waals surface area contributed by atoms with Crippen molar-refractivity contribution in [1.82, 2.24) is 0 Å². The van der Waals surface area contributed by atoms with E-state index in [1.54, 1.807) is 12.1 Å². The molecule has 2 rings (SSSR count). The third-order valence-corrected chi connectivity index (χ3v) is 3.14. The van der Waals surface area contributed by atoms with E-state index in [2.05, 4.69) is 0 Å². The van der Waals surface area contributed by atoms with E-state index in [4.69, 9.17) is 5.73 Å². The van der Waals surface area contributed by atoms with E-state index in [9.17, 15) is 5.11 Å². The van der Waals surface area contributed by atoms with Crippen LogP contribution in [0.2, 0.25) is 0 Å². The van der Waals surface area contributed by atoms with E-state index in [1.165, 1.54) is 18.4 Å². The van der Waals surface area contributed by atoms with Crippen LogP contribution in [0.1, 0.15) is 37.2 Å². The lowest BCUT2D eigenvalue weighted by molar-refractivity contribution is 0.395. The second-order valence-electron chi connectivity index (χ2n) is 4.20. The van der Waals surface area contributed by atoms with E-state index < -0.39 is 0 Å². The van der Waals surface area contributed by atoms with Gasteiger partial charge in [-0.1, -0.05) is 12.1 Å². The Morgan fingerprint density at radius 3 is 2.07 bits per heavy atom. The van der Waals surface area contributed by atoms with Gasteiger partial charge >= 0.3 is 0 Å². The highest BCUT2D eigenvalue weighted by atomic mass is 35.5. The average Bonchev–Trinajstić information content (AvgIpc) is 2.21. The van der Waals surface area contributed by atoms with Crippen LogP contribution in [0, 0.1) is 0 Å². The van der Waals surface area contributed by atoms with Crippen molar-refractivity contribution in [2.45, 2.75) is 37.6 Å². The number of phenolic OH excluding ortho intramolecular Hbond substituents is 1. The molecule has 0 saturated heterocycles. The zero-order valence-corrected chi connectivity index (χ0v) is 9.54. The minimum Gasteiger partial charge on any atom is -0.508 e. The first kappa shape index (κ1) is 12.3. The lowest BCUT2D eigenvalue weighted by Gasteiger charge is -2.26. The van der Waals surface area contributed by atoms with Gasteiger partial charge in [0.25, 0.3) is 0 Å². The lowest BCUT2D eigenvalue weighted by Crippen LogP contribution is -2.25. The van der Waals surface area contributed by atoms with Crippen LogP contribution in [-0.4, -0.2) is 11.1 Å². The molecule has 3 N–H and O–H groups in total. The SMILES string of the molecule is Cl.N[C@H]1CC[C@H](c2ccc(O)cc2)CC1. The molecule has 0 aliphatic heterocycles. The molecule has 1 saturated carbocycles. The van der Waals surface area contributed by atoms with Crippen molar-refractivity contribution < 1.29 is 5.11 Å². The molecule has 1 aliphatic rings. The molecule has 0 radical (unpaired) electrons. The van der Waals surface area contributed by atoms with Gasteiger partial charge in [0.1, 0.15) is 5.75 Å². The van der Waals surface area contributed by atoms with Crippen LogP contribution >= 0.6 is 12.4 Å². The standard InChI is InChI=1S/C12H17NO.ClH/c13-11-5-1-9(2-6-11)10-3-7-12(14)8-4-10;/h3-4,7-9,11,14H,1-2,5-6,13H2;1H/t9-,11-;. The predicted octanol–water partition coefficient (Wildman–Crippen LogP) is 2.80. The Hall–Kier alpha value is -0.730. The minimum absolute atomic E-state index is 0. The molecule has 0 atom stereocenters. The van der Waals surface area contributed by atoms with E-state index in [1.807, 2.05) is 12.1 Å². The van der Waals surface area contributed by atoms with Crippen LogP contribution in [0.15, 0.2) is 24.3 Å². The van der Waals surface area contributed by atoms with Crippen molar-refractivity contribution in [2.75, 3.05) is 0 Å². The first-order valence-corrected chi connectivity index (χ1v) is 5.30. The summed E-state index contributed by atoms with van der Waals surface area (Å²) in [5.41, 5.74) is 7.20. The van der Waals surface area contributed by atoms with E-state index in [0.717, 1.165) is 12.8 Å². The highest BCUT2D eigenvalue weighted by Gasteiger charge is 2.19. The number of nitrogens with two attached hydrogens (primary N) is 1. The summed E-state index contributed by atoms with van der Waals surface area (Å²) < 4.78 is 0. The fourth-order valence-corrected chi connectivity index (χ4v) is 2.20. The predicted molar refractivity (Wildman–Crippen MR) is 64.5 cm³/mol. The van der Waals surface area contributed by atoms with Crippen LogP contribution in [0.25, 0.3) is 0 Å². The lowest BCUT2D eigenvalue weighted by atomic mass is 9.82. The van der Waals surface area contributed by atoms with E-state index in [-0.39, 0.29) is 12.4 Å². The third-order valence-electron chi connectivity index (χ3n) is 3.14. The van der Waals surface area contributed by atoms with Gasteiger partial charge in [-0.25, -0.2) is 0 Å². The Morgan fingerprint density at radius 2 is 1.53 bits per heavy atom. The fourth-order valence-electron chi connectivity index (χ4n) is 2.20. The van der Waals surface area contributed by atoms with E-state index >= 15 is 0 Å². The normalized spacial score (nSPS) is 25.7. The molecule has 15 heavy (non-hydrogen) atoms.